The van der Waals surface area contributed by atoms with Crippen molar-refractivity contribution in [2.75, 3.05) is 5.32 Å². The largest absolute Gasteiger partial charge is 0.491 e. The van der Waals surface area contributed by atoms with E-state index in [1.54, 1.807) is 0 Å². The third kappa shape index (κ3) is 3.61. The Morgan fingerprint density at radius 2 is 2.10 bits per heavy atom. The average Bonchev–Trinajstić information content (AvgIpc) is 2.78. The Labute approximate surface area is 131 Å². The maximum Gasteiger partial charge on any atom is 0.266 e. The molecule has 0 fully saturated rings. The Kier molecular flexibility index (Phi) is 4.83. The lowest BCUT2D eigenvalue weighted by molar-refractivity contribution is 0.103. The molecule has 2 rings (SSSR count). The fourth-order valence-electron chi connectivity index (χ4n) is 1.76. The molecule has 1 aromatic heterocycles. The molecule has 1 aromatic carbocycles. The maximum absolute atomic E-state index is 12.1. The molecule has 0 radical (unpaired) electrons. The summed E-state index contributed by atoms with van der Waals surface area (Å²) in [5, 5.41) is 4.80. The molecular formula is C15H16BrNO2S. The molecule has 0 aliphatic heterocycles. The summed E-state index contributed by atoms with van der Waals surface area (Å²) >= 11 is 4.78. The van der Waals surface area contributed by atoms with Crippen molar-refractivity contribution in [1.29, 1.82) is 0 Å². The lowest BCUT2D eigenvalue weighted by Gasteiger charge is -2.13. The highest BCUT2D eigenvalue weighted by atomic mass is 79.9. The molecular weight excluding hydrogens is 338 g/mol. The van der Waals surface area contributed by atoms with Crippen molar-refractivity contribution in [3.63, 3.8) is 0 Å². The molecule has 106 valence electrons. The topological polar surface area (TPSA) is 38.3 Å². The molecule has 2 aromatic rings. The molecule has 0 bridgehead atoms. The molecule has 0 aliphatic rings. The minimum atomic E-state index is -0.104. The molecule has 0 spiro atoms. The fraction of sp³-hybridized carbons (Fsp3) is 0.267. The Bertz CT molecular complexity index is 622. The lowest BCUT2D eigenvalue weighted by Crippen LogP contribution is -2.12. The van der Waals surface area contributed by atoms with Crippen molar-refractivity contribution in [2.24, 2.45) is 0 Å². The summed E-state index contributed by atoms with van der Waals surface area (Å²) in [6.45, 7) is 5.92. The summed E-state index contributed by atoms with van der Waals surface area (Å²) in [4.78, 5) is 12.8. The van der Waals surface area contributed by atoms with Crippen molar-refractivity contribution in [3.8, 4) is 5.75 Å². The van der Waals surface area contributed by atoms with Gasteiger partial charge in [-0.2, -0.15) is 0 Å². The van der Waals surface area contributed by atoms with Crippen molar-refractivity contribution >= 4 is 38.9 Å². The van der Waals surface area contributed by atoms with Crippen LogP contribution in [-0.4, -0.2) is 12.0 Å². The number of ether oxygens (including phenoxy) is 1. The quantitative estimate of drug-likeness (QED) is 0.852. The number of rotatable bonds is 4. The van der Waals surface area contributed by atoms with Gasteiger partial charge >= 0.3 is 0 Å². The van der Waals surface area contributed by atoms with Gasteiger partial charge in [0.1, 0.15) is 10.6 Å². The molecule has 0 unspecified atom stereocenters. The van der Waals surface area contributed by atoms with E-state index in [0.29, 0.717) is 4.88 Å². The molecule has 0 aliphatic carbocycles. The van der Waals surface area contributed by atoms with Gasteiger partial charge in [0.2, 0.25) is 0 Å². The Balaban J connectivity index is 2.14. The number of hydrogen-bond acceptors (Lipinski definition) is 3. The van der Waals surface area contributed by atoms with Crippen LogP contribution in [0.5, 0.6) is 5.75 Å². The number of thiophene rings is 1. The van der Waals surface area contributed by atoms with Crippen LogP contribution in [0.4, 0.5) is 5.69 Å². The van der Waals surface area contributed by atoms with Gasteiger partial charge in [-0.25, -0.2) is 0 Å². The second-order valence-corrected chi connectivity index (χ2v) is 6.47. The minimum absolute atomic E-state index is 0.104. The molecule has 3 nitrogen and oxygen atoms in total. The van der Waals surface area contributed by atoms with Gasteiger partial charge in [0.05, 0.1) is 6.10 Å². The average molecular weight is 354 g/mol. The second-order valence-electron chi connectivity index (χ2n) is 4.70. The van der Waals surface area contributed by atoms with E-state index in [-0.39, 0.29) is 12.0 Å². The SMILES string of the molecule is Cc1cc(OC(C)C)ccc1NC(=O)c1sccc1Br. The van der Waals surface area contributed by atoms with Crippen LogP contribution in [0, 0.1) is 6.92 Å². The fourth-order valence-corrected chi connectivity index (χ4v) is 3.20. The van der Waals surface area contributed by atoms with Crippen LogP contribution in [0.2, 0.25) is 0 Å². The van der Waals surface area contributed by atoms with Gasteiger partial charge in [0.15, 0.2) is 0 Å². The van der Waals surface area contributed by atoms with Crippen LogP contribution in [0.25, 0.3) is 0 Å². The third-order valence-corrected chi connectivity index (χ3v) is 4.48. The van der Waals surface area contributed by atoms with Crippen LogP contribution in [0.1, 0.15) is 29.1 Å². The standard InChI is InChI=1S/C15H16BrNO2S/c1-9(2)19-11-4-5-13(10(3)8-11)17-15(18)14-12(16)6-7-20-14/h4-9H,1-3H3,(H,17,18). The number of nitrogens with one attached hydrogen (secondary N) is 1. The molecule has 1 amide bonds. The molecule has 1 heterocycles. The normalized spacial score (nSPS) is 10.7. The molecule has 0 atom stereocenters. The first-order valence-electron chi connectivity index (χ1n) is 6.29. The van der Waals surface area contributed by atoms with Crippen molar-refractivity contribution in [2.45, 2.75) is 26.9 Å². The number of benzene rings is 1. The first-order chi connectivity index (χ1) is 9.47. The van der Waals surface area contributed by atoms with Crippen LogP contribution in [0.15, 0.2) is 34.1 Å². The monoisotopic (exact) mass is 353 g/mol. The van der Waals surface area contributed by atoms with Gasteiger partial charge in [0, 0.05) is 10.2 Å². The number of anilines is 1. The van der Waals surface area contributed by atoms with Crippen molar-refractivity contribution in [3.05, 3.63) is 44.6 Å². The van der Waals surface area contributed by atoms with Gasteiger partial charge in [-0.3, -0.25) is 4.79 Å². The zero-order valence-corrected chi connectivity index (χ0v) is 14.0. The number of aryl methyl sites for hydroxylation is 1. The highest BCUT2D eigenvalue weighted by molar-refractivity contribution is 9.10. The van der Waals surface area contributed by atoms with Crippen LogP contribution in [-0.2, 0) is 0 Å². The van der Waals surface area contributed by atoms with Gasteiger partial charge < -0.3 is 10.1 Å². The third-order valence-electron chi connectivity index (χ3n) is 2.64. The summed E-state index contributed by atoms with van der Waals surface area (Å²) < 4.78 is 6.45. The van der Waals surface area contributed by atoms with E-state index in [0.717, 1.165) is 21.5 Å². The number of carbonyl (C=O) groups excluding carboxylic acids is 1. The zero-order valence-electron chi connectivity index (χ0n) is 11.6. The van der Waals surface area contributed by atoms with E-state index in [9.17, 15) is 4.79 Å². The number of amides is 1. The Morgan fingerprint density at radius 1 is 1.35 bits per heavy atom. The Morgan fingerprint density at radius 3 is 2.65 bits per heavy atom. The molecule has 0 saturated carbocycles. The maximum atomic E-state index is 12.1. The van der Waals surface area contributed by atoms with E-state index in [1.807, 2.05) is 50.4 Å². The summed E-state index contributed by atoms with van der Waals surface area (Å²) in [6, 6.07) is 7.53. The Hall–Kier alpha value is -1.33. The van der Waals surface area contributed by atoms with E-state index in [4.69, 9.17) is 4.74 Å². The minimum Gasteiger partial charge on any atom is -0.491 e. The van der Waals surface area contributed by atoms with Crippen molar-refractivity contribution in [1.82, 2.24) is 0 Å². The summed E-state index contributed by atoms with van der Waals surface area (Å²) in [7, 11) is 0. The molecule has 0 saturated heterocycles. The first kappa shape index (κ1) is 15.1. The first-order valence-corrected chi connectivity index (χ1v) is 7.96. The van der Waals surface area contributed by atoms with E-state index in [1.165, 1.54) is 11.3 Å². The lowest BCUT2D eigenvalue weighted by atomic mass is 10.2. The predicted octanol–water partition coefficient (Wildman–Crippen LogP) is 4.86. The highest BCUT2D eigenvalue weighted by Gasteiger charge is 2.13. The van der Waals surface area contributed by atoms with Crippen LogP contribution >= 0.6 is 27.3 Å². The zero-order chi connectivity index (χ0) is 14.7. The molecule has 1 N–H and O–H groups in total. The summed E-state index contributed by atoms with van der Waals surface area (Å²) in [5.74, 6) is 0.709. The highest BCUT2D eigenvalue weighted by Crippen LogP contribution is 2.26. The predicted molar refractivity (Wildman–Crippen MR) is 86.9 cm³/mol. The van der Waals surface area contributed by atoms with E-state index in [2.05, 4.69) is 21.2 Å². The van der Waals surface area contributed by atoms with E-state index < -0.39 is 0 Å². The van der Waals surface area contributed by atoms with Crippen LogP contribution in [0.3, 0.4) is 0 Å². The van der Waals surface area contributed by atoms with Gasteiger partial charge in [-0.15, -0.1) is 11.3 Å². The van der Waals surface area contributed by atoms with Crippen molar-refractivity contribution < 1.29 is 9.53 Å². The molecule has 20 heavy (non-hydrogen) atoms. The summed E-state index contributed by atoms with van der Waals surface area (Å²) in [5.41, 5.74) is 1.77. The molecule has 5 heteroatoms. The van der Waals surface area contributed by atoms with Gasteiger partial charge in [-0.05, 0) is 71.9 Å². The van der Waals surface area contributed by atoms with E-state index >= 15 is 0 Å². The second kappa shape index (κ2) is 6.41. The number of hydrogen-bond donors (Lipinski definition) is 1. The summed E-state index contributed by atoms with van der Waals surface area (Å²) in [6.07, 6.45) is 0.136. The number of carbonyl (C=O) groups is 1. The number of halogens is 1. The van der Waals surface area contributed by atoms with Gasteiger partial charge in [0.25, 0.3) is 5.91 Å². The van der Waals surface area contributed by atoms with Crippen LogP contribution < -0.4 is 10.1 Å². The smallest absolute Gasteiger partial charge is 0.266 e. The van der Waals surface area contributed by atoms with Gasteiger partial charge in [-0.1, -0.05) is 0 Å².